The predicted octanol–water partition coefficient (Wildman–Crippen LogP) is 3.36. The Balaban J connectivity index is 0.00000106. The number of hydrogen-bond acceptors (Lipinski definition) is 5. The molecule has 0 unspecified atom stereocenters. The molecule has 0 N–H and O–H groups in total. The summed E-state index contributed by atoms with van der Waals surface area (Å²) in [5, 5.41) is 14.7. The van der Waals surface area contributed by atoms with Gasteiger partial charge in [-0.3, -0.25) is 10.1 Å². The molecule has 0 saturated heterocycles. The van der Waals surface area contributed by atoms with E-state index in [4.69, 9.17) is 0 Å². The van der Waals surface area contributed by atoms with Gasteiger partial charge in [0.2, 0.25) is 4.60 Å². The Morgan fingerprint density at radius 3 is 2.33 bits per heavy atom. The van der Waals surface area contributed by atoms with Crippen LogP contribution in [0, 0.1) is 10.1 Å². The van der Waals surface area contributed by atoms with Crippen molar-refractivity contribution in [1.82, 2.24) is 9.78 Å². The van der Waals surface area contributed by atoms with E-state index in [0.29, 0.717) is 11.3 Å². The van der Waals surface area contributed by atoms with Crippen molar-refractivity contribution in [2.75, 3.05) is 7.11 Å². The monoisotopic (exact) mass is 355 g/mol. The van der Waals surface area contributed by atoms with E-state index in [1.54, 1.807) is 24.3 Å². The van der Waals surface area contributed by atoms with Crippen molar-refractivity contribution in [3.63, 3.8) is 0 Å². The molecule has 0 spiro atoms. The van der Waals surface area contributed by atoms with Crippen molar-refractivity contribution < 1.29 is 14.5 Å². The first-order valence-electron chi connectivity index (χ1n) is 6.11. The third-order valence-corrected chi connectivity index (χ3v) is 2.97. The number of methoxy groups -OCH3 is 1. The number of hydrogen-bond donors (Lipinski definition) is 0. The van der Waals surface area contributed by atoms with Gasteiger partial charge in [0.05, 0.1) is 23.3 Å². The Labute approximate surface area is 129 Å². The zero-order chi connectivity index (χ0) is 16.0. The third kappa shape index (κ3) is 3.88. The van der Waals surface area contributed by atoms with Crippen LogP contribution in [0.25, 0.3) is 5.69 Å². The van der Waals surface area contributed by atoms with Gasteiger partial charge < -0.3 is 4.74 Å². The lowest BCUT2D eigenvalue weighted by molar-refractivity contribution is -0.385. The average Bonchev–Trinajstić information content (AvgIpc) is 2.91. The first kappa shape index (κ1) is 16.8. The number of esters is 1. The van der Waals surface area contributed by atoms with Crippen molar-refractivity contribution in [3.8, 4) is 5.69 Å². The van der Waals surface area contributed by atoms with Gasteiger partial charge in [-0.05, 0) is 40.2 Å². The second-order valence-electron chi connectivity index (χ2n) is 3.55. The van der Waals surface area contributed by atoms with E-state index in [1.165, 1.54) is 18.0 Å². The van der Waals surface area contributed by atoms with Crippen molar-refractivity contribution in [3.05, 3.63) is 50.7 Å². The van der Waals surface area contributed by atoms with E-state index >= 15 is 0 Å². The molecule has 21 heavy (non-hydrogen) atoms. The molecule has 0 aliphatic carbocycles. The molecule has 2 aromatic rings. The van der Waals surface area contributed by atoms with E-state index in [-0.39, 0.29) is 10.3 Å². The fraction of sp³-hybridized carbons (Fsp3) is 0.231. The van der Waals surface area contributed by atoms with Crippen molar-refractivity contribution in [1.29, 1.82) is 0 Å². The molecule has 0 bridgehead atoms. The quantitative estimate of drug-likeness (QED) is 0.478. The number of carbonyl (C=O) groups is 1. The second kappa shape index (κ2) is 7.53. The number of rotatable bonds is 3. The maximum absolute atomic E-state index is 11.3. The minimum Gasteiger partial charge on any atom is -0.465 e. The smallest absolute Gasteiger partial charge is 0.337 e. The highest BCUT2D eigenvalue weighted by Gasteiger charge is 2.17. The number of halogens is 1. The summed E-state index contributed by atoms with van der Waals surface area (Å²) in [6.45, 7) is 4.00. The lowest BCUT2D eigenvalue weighted by Gasteiger charge is -2.02. The summed E-state index contributed by atoms with van der Waals surface area (Å²) in [5.41, 5.74) is 0.866. The fourth-order valence-electron chi connectivity index (χ4n) is 1.47. The van der Waals surface area contributed by atoms with Gasteiger partial charge in [0, 0.05) is 0 Å². The Kier molecular flexibility index (Phi) is 6.04. The molecule has 112 valence electrons. The summed E-state index contributed by atoms with van der Waals surface area (Å²) in [7, 11) is 1.30. The van der Waals surface area contributed by atoms with Gasteiger partial charge in [-0.15, -0.1) is 0 Å². The molecule has 0 saturated carbocycles. The van der Waals surface area contributed by atoms with E-state index in [9.17, 15) is 14.9 Å². The van der Waals surface area contributed by atoms with Gasteiger partial charge >= 0.3 is 11.7 Å². The number of carbonyl (C=O) groups excluding carboxylic acids is 1. The van der Waals surface area contributed by atoms with Crippen LogP contribution in [-0.4, -0.2) is 27.8 Å². The van der Waals surface area contributed by atoms with Crippen LogP contribution in [-0.2, 0) is 4.74 Å². The van der Waals surface area contributed by atoms with E-state index in [1.807, 2.05) is 13.8 Å². The largest absolute Gasteiger partial charge is 0.465 e. The molecular weight excluding hydrogens is 342 g/mol. The van der Waals surface area contributed by atoms with E-state index < -0.39 is 10.9 Å². The summed E-state index contributed by atoms with van der Waals surface area (Å²) < 4.78 is 6.08. The number of nitrogens with zero attached hydrogens (tertiary/aromatic N) is 3. The molecule has 1 aromatic carbocycles. The summed E-state index contributed by atoms with van der Waals surface area (Å²) >= 11 is 3.02. The number of ether oxygens (including phenoxy) is 1. The molecule has 1 aromatic heterocycles. The van der Waals surface area contributed by atoms with Crippen LogP contribution in [0.4, 0.5) is 5.69 Å². The SMILES string of the molecule is CC.COC(=O)c1ccc(-n2cc([N+](=O)[O-])c(Br)n2)cc1. The molecule has 0 radical (unpaired) electrons. The minimum atomic E-state index is -0.531. The molecule has 0 aliphatic rings. The molecule has 0 fully saturated rings. The average molecular weight is 356 g/mol. The standard InChI is InChI=1S/C11H8BrN3O4.C2H6/c1-19-11(16)7-2-4-8(5-3-7)14-6-9(15(17)18)10(12)13-14;1-2/h2-6H,1H3;1-2H3. The highest BCUT2D eigenvalue weighted by molar-refractivity contribution is 9.10. The van der Waals surface area contributed by atoms with Gasteiger partial charge in [0.25, 0.3) is 0 Å². The molecule has 1 heterocycles. The first-order chi connectivity index (χ1) is 10.0. The molecular formula is C13H14BrN3O4. The maximum atomic E-state index is 11.3. The summed E-state index contributed by atoms with van der Waals surface area (Å²) in [6.07, 6.45) is 1.29. The second-order valence-corrected chi connectivity index (χ2v) is 4.30. The van der Waals surface area contributed by atoms with Gasteiger partial charge in [-0.1, -0.05) is 13.8 Å². The van der Waals surface area contributed by atoms with Crippen molar-refractivity contribution >= 4 is 27.6 Å². The van der Waals surface area contributed by atoms with Gasteiger partial charge in [0.15, 0.2) is 0 Å². The van der Waals surface area contributed by atoms with Gasteiger partial charge in [-0.2, -0.15) is 5.10 Å². The van der Waals surface area contributed by atoms with Crippen LogP contribution in [0.1, 0.15) is 24.2 Å². The molecule has 0 amide bonds. The maximum Gasteiger partial charge on any atom is 0.337 e. The Hall–Kier alpha value is -2.22. The molecule has 0 atom stereocenters. The fourth-order valence-corrected chi connectivity index (χ4v) is 1.88. The molecule has 7 nitrogen and oxygen atoms in total. The first-order valence-corrected chi connectivity index (χ1v) is 6.90. The van der Waals surface area contributed by atoms with Gasteiger partial charge in [0.1, 0.15) is 6.20 Å². The zero-order valence-corrected chi connectivity index (χ0v) is 13.3. The Bertz CT molecular complexity index is 637. The summed E-state index contributed by atoms with van der Waals surface area (Å²) in [4.78, 5) is 21.4. The minimum absolute atomic E-state index is 0.128. The number of benzene rings is 1. The summed E-state index contributed by atoms with van der Waals surface area (Å²) in [5.74, 6) is -0.445. The van der Waals surface area contributed by atoms with E-state index in [0.717, 1.165) is 0 Å². The summed E-state index contributed by atoms with van der Waals surface area (Å²) in [6, 6.07) is 6.36. The van der Waals surface area contributed by atoms with Crippen LogP contribution in [0.2, 0.25) is 0 Å². The number of nitro groups is 1. The third-order valence-electron chi connectivity index (χ3n) is 2.40. The van der Waals surface area contributed by atoms with Crippen molar-refractivity contribution in [2.45, 2.75) is 13.8 Å². The zero-order valence-electron chi connectivity index (χ0n) is 11.7. The van der Waals surface area contributed by atoms with E-state index in [2.05, 4.69) is 25.8 Å². The van der Waals surface area contributed by atoms with Crippen LogP contribution >= 0.6 is 15.9 Å². The lowest BCUT2D eigenvalue weighted by Crippen LogP contribution is -2.01. The molecule has 0 aliphatic heterocycles. The predicted molar refractivity (Wildman–Crippen MR) is 80.6 cm³/mol. The molecule has 8 heteroatoms. The normalized spacial score (nSPS) is 9.52. The number of aromatic nitrogens is 2. The van der Waals surface area contributed by atoms with Crippen molar-refractivity contribution in [2.24, 2.45) is 0 Å². The van der Waals surface area contributed by atoms with Crippen LogP contribution in [0.5, 0.6) is 0 Å². The van der Waals surface area contributed by atoms with Crippen LogP contribution < -0.4 is 0 Å². The Morgan fingerprint density at radius 1 is 1.33 bits per heavy atom. The highest BCUT2D eigenvalue weighted by atomic mass is 79.9. The highest BCUT2D eigenvalue weighted by Crippen LogP contribution is 2.24. The lowest BCUT2D eigenvalue weighted by atomic mass is 10.2. The molecule has 2 rings (SSSR count). The Morgan fingerprint density at radius 2 is 1.90 bits per heavy atom. The van der Waals surface area contributed by atoms with Crippen LogP contribution in [0.15, 0.2) is 35.1 Å². The topological polar surface area (TPSA) is 87.3 Å². The van der Waals surface area contributed by atoms with Crippen LogP contribution in [0.3, 0.4) is 0 Å². The van der Waals surface area contributed by atoms with Gasteiger partial charge in [-0.25, -0.2) is 9.48 Å².